The lowest BCUT2D eigenvalue weighted by Gasteiger charge is -2.33. The Kier molecular flexibility index (Phi) is 5.41. The minimum Gasteiger partial charge on any atom is -0.392 e. The van der Waals surface area contributed by atoms with E-state index in [1.165, 1.54) is 6.26 Å². The zero-order valence-electron chi connectivity index (χ0n) is 12.8. The molecule has 2 rings (SSSR count). The third kappa shape index (κ3) is 4.53. The van der Waals surface area contributed by atoms with Crippen LogP contribution in [-0.2, 0) is 10.0 Å². The number of hydrogen-bond donors (Lipinski definition) is 1. The summed E-state index contributed by atoms with van der Waals surface area (Å²) in [5.74, 6) is 0.314. The quantitative estimate of drug-likeness (QED) is 0.907. The van der Waals surface area contributed by atoms with Crippen LogP contribution in [-0.4, -0.2) is 43.3 Å². The fraction of sp³-hybridized carbons (Fsp3) is 0.625. The van der Waals surface area contributed by atoms with Gasteiger partial charge in [-0.25, -0.2) is 12.7 Å². The highest BCUT2D eigenvalue weighted by Gasteiger charge is 2.28. The standard InChI is InChI=1S/C16H25NO3S/c1-13(15-8-4-3-5-9-15)16(18)11-14-7-6-10-17(12-14)21(2,19)20/h3-5,8-9,13-14,16,18H,6-7,10-12H2,1-2H3. The van der Waals surface area contributed by atoms with Crippen molar-refractivity contribution in [2.24, 2.45) is 5.92 Å². The summed E-state index contributed by atoms with van der Waals surface area (Å²) in [5.41, 5.74) is 1.13. The molecule has 3 unspecified atom stereocenters. The zero-order valence-corrected chi connectivity index (χ0v) is 13.6. The molecule has 1 aliphatic rings. The molecular formula is C16H25NO3S. The van der Waals surface area contributed by atoms with Crippen LogP contribution in [0.25, 0.3) is 0 Å². The van der Waals surface area contributed by atoms with Crippen molar-refractivity contribution in [2.45, 2.75) is 38.2 Å². The van der Waals surface area contributed by atoms with Gasteiger partial charge in [-0.2, -0.15) is 0 Å². The molecule has 0 bridgehead atoms. The second kappa shape index (κ2) is 6.90. The second-order valence-corrected chi connectivity index (χ2v) is 8.11. The first-order valence-electron chi connectivity index (χ1n) is 7.56. The molecule has 0 amide bonds. The van der Waals surface area contributed by atoms with E-state index in [9.17, 15) is 13.5 Å². The molecule has 1 aromatic rings. The van der Waals surface area contributed by atoms with Crippen molar-refractivity contribution in [3.8, 4) is 0 Å². The van der Waals surface area contributed by atoms with Crippen LogP contribution < -0.4 is 0 Å². The maximum atomic E-state index is 11.6. The van der Waals surface area contributed by atoms with Crippen LogP contribution in [0.15, 0.2) is 30.3 Å². The number of nitrogens with zero attached hydrogens (tertiary/aromatic N) is 1. The summed E-state index contributed by atoms with van der Waals surface area (Å²) in [6, 6.07) is 9.97. The number of aliphatic hydroxyl groups is 1. The molecule has 0 saturated carbocycles. The van der Waals surface area contributed by atoms with Crippen LogP contribution in [0.5, 0.6) is 0 Å². The molecule has 1 saturated heterocycles. The first-order valence-corrected chi connectivity index (χ1v) is 9.41. The third-order valence-electron chi connectivity index (χ3n) is 4.43. The first-order chi connectivity index (χ1) is 9.88. The van der Waals surface area contributed by atoms with E-state index in [0.29, 0.717) is 19.5 Å². The highest BCUT2D eigenvalue weighted by Crippen LogP contribution is 2.28. The first kappa shape index (κ1) is 16.5. The average molecular weight is 311 g/mol. The number of aliphatic hydroxyl groups excluding tert-OH is 1. The Hall–Kier alpha value is -0.910. The monoisotopic (exact) mass is 311 g/mol. The van der Waals surface area contributed by atoms with E-state index in [0.717, 1.165) is 18.4 Å². The molecule has 1 heterocycles. The summed E-state index contributed by atoms with van der Waals surface area (Å²) in [4.78, 5) is 0. The smallest absolute Gasteiger partial charge is 0.211 e. The Labute approximate surface area is 127 Å². The summed E-state index contributed by atoms with van der Waals surface area (Å²) in [7, 11) is -3.12. The number of rotatable bonds is 5. The third-order valence-corrected chi connectivity index (χ3v) is 5.70. The number of hydrogen-bond acceptors (Lipinski definition) is 3. The molecule has 21 heavy (non-hydrogen) atoms. The van der Waals surface area contributed by atoms with Crippen molar-refractivity contribution in [1.29, 1.82) is 0 Å². The minimum absolute atomic E-state index is 0.0693. The van der Waals surface area contributed by atoms with Gasteiger partial charge in [-0.05, 0) is 30.7 Å². The highest BCUT2D eigenvalue weighted by molar-refractivity contribution is 7.88. The molecule has 5 heteroatoms. The lowest BCUT2D eigenvalue weighted by atomic mass is 9.86. The van der Waals surface area contributed by atoms with E-state index in [4.69, 9.17) is 0 Å². The molecule has 0 aromatic heterocycles. The number of benzene rings is 1. The van der Waals surface area contributed by atoms with Gasteiger partial charge in [0.25, 0.3) is 0 Å². The zero-order chi connectivity index (χ0) is 15.5. The predicted molar refractivity (Wildman–Crippen MR) is 84.6 cm³/mol. The van der Waals surface area contributed by atoms with Gasteiger partial charge in [0.2, 0.25) is 10.0 Å². The number of piperidine rings is 1. The second-order valence-electron chi connectivity index (χ2n) is 6.13. The average Bonchev–Trinajstić information content (AvgIpc) is 2.47. The van der Waals surface area contributed by atoms with Gasteiger partial charge < -0.3 is 5.11 Å². The summed E-state index contributed by atoms with van der Waals surface area (Å²) >= 11 is 0. The molecule has 3 atom stereocenters. The highest BCUT2D eigenvalue weighted by atomic mass is 32.2. The molecule has 118 valence electrons. The van der Waals surface area contributed by atoms with Gasteiger partial charge in [0.1, 0.15) is 0 Å². The van der Waals surface area contributed by atoms with Crippen LogP contribution in [0.1, 0.15) is 37.7 Å². The van der Waals surface area contributed by atoms with Gasteiger partial charge in [-0.3, -0.25) is 0 Å². The van der Waals surface area contributed by atoms with Crippen molar-refractivity contribution >= 4 is 10.0 Å². The van der Waals surface area contributed by atoms with Gasteiger partial charge in [0.15, 0.2) is 0 Å². The molecule has 1 aromatic carbocycles. The normalized spacial score (nSPS) is 23.7. The molecular weight excluding hydrogens is 286 g/mol. The summed E-state index contributed by atoms with van der Waals surface area (Å²) < 4.78 is 24.8. The Bertz CT molecular complexity index is 544. The van der Waals surface area contributed by atoms with Crippen LogP contribution in [0.3, 0.4) is 0 Å². The molecule has 1 N–H and O–H groups in total. The lowest BCUT2D eigenvalue weighted by Crippen LogP contribution is -2.40. The largest absolute Gasteiger partial charge is 0.392 e. The van der Waals surface area contributed by atoms with Crippen molar-refractivity contribution in [3.63, 3.8) is 0 Å². The predicted octanol–water partition coefficient (Wildman–Crippen LogP) is 2.21. The molecule has 1 aliphatic heterocycles. The lowest BCUT2D eigenvalue weighted by molar-refractivity contribution is 0.103. The van der Waals surface area contributed by atoms with E-state index in [2.05, 4.69) is 0 Å². The summed E-state index contributed by atoms with van der Waals surface area (Å²) in [5, 5.41) is 10.4. The van der Waals surface area contributed by atoms with E-state index < -0.39 is 16.1 Å². The van der Waals surface area contributed by atoms with Crippen LogP contribution in [0.4, 0.5) is 0 Å². The Morgan fingerprint density at radius 2 is 2.00 bits per heavy atom. The minimum atomic E-state index is -3.12. The maximum Gasteiger partial charge on any atom is 0.211 e. The maximum absolute atomic E-state index is 11.6. The summed E-state index contributed by atoms with van der Waals surface area (Å²) in [6.07, 6.45) is 3.35. The van der Waals surface area contributed by atoms with Crippen LogP contribution in [0, 0.1) is 5.92 Å². The van der Waals surface area contributed by atoms with Gasteiger partial charge in [0.05, 0.1) is 12.4 Å². The Morgan fingerprint density at radius 3 is 2.62 bits per heavy atom. The van der Waals surface area contributed by atoms with Crippen molar-refractivity contribution < 1.29 is 13.5 Å². The van der Waals surface area contributed by atoms with E-state index >= 15 is 0 Å². The fourth-order valence-corrected chi connectivity index (χ4v) is 3.99. The van der Waals surface area contributed by atoms with Crippen LogP contribution in [0.2, 0.25) is 0 Å². The van der Waals surface area contributed by atoms with Crippen molar-refractivity contribution in [3.05, 3.63) is 35.9 Å². The molecule has 1 fully saturated rings. The van der Waals surface area contributed by atoms with Crippen molar-refractivity contribution in [2.75, 3.05) is 19.3 Å². The van der Waals surface area contributed by atoms with Gasteiger partial charge >= 0.3 is 0 Å². The number of sulfonamides is 1. The van der Waals surface area contributed by atoms with E-state index in [-0.39, 0.29) is 11.8 Å². The fourth-order valence-electron chi connectivity index (χ4n) is 3.04. The van der Waals surface area contributed by atoms with E-state index in [1.54, 1.807) is 4.31 Å². The van der Waals surface area contributed by atoms with Gasteiger partial charge in [0, 0.05) is 19.0 Å². The molecule has 0 spiro atoms. The molecule has 0 radical (unpaired) electrons. The Balaban J connectivity index is 1.95. The molecule has 4 nitrogen and oxygen atoms in total. The topological polar surface area (TPSA) is 57.6 Å². The SMILES string of the molecule is CC(c1ccccc1)C(O)CC1CCCN(S(C)(=O)=O)C1. The molecule has 0 aliphatic carbocycles. The van der Waals surface area contributed by atoms with Crippen LogP contribution >= 0.6 is 0 Å². The van der Waals surface area contributed by atoms with E-state index in [1.807, 2.05) is 37.3 Å². The van der Waals surface area contributed by atoms with Gasteiger partial charge in [-0.15, -0.1) is 0 Å². The van der Waals surface area contributed by atoms with Gasteiger partial charge in [-0.1, -0.05) is 37.3 Å². The Morgan fingerprint density at radius 1 is 1.33 bits per heavy atom. The summed E-state index contributed by atoms with van der Waals surface area (Å²) in [6.45, 7) is 3.17. The van der Waals surface area contributed by atoms with Crippen molar-refractivity contribution in [1.82, 2.24) is 4.31 Å².